The average Bonchev–Trinajstić information content (AvgIpc) is 2.15. The highest BCUT2D eigenvalue weighted by atomic mass is 35.5. The number of nitro benzene ring substituents is 3. The summed E-state index contributed by atoms with van der Waals surface area (Å²) in [4.78, 5) is 28.1. The standard InChI is InChI=1S/C6H2ClN3O6/c7-3-1-4(8(11)12)6(10(15)16)5(2-3)9(13)14/h1-2H. The van der Waals surface area contributed by atoms with Crippen LogP contribution in [0.15, 0.2) is 12.1 Å². The minimum Gasteiger partial charge on any atom is -0.258 e. The number of nitro groups is 3. The lowest BCUT2D eigenvalue weighted by Crippen LogP contribution is -2.01. The molecular weight excluding hydrogens is 246 g/mol. The van der Waals surface area contributed by atoms with E-state index in [0.29, 0.717) is 12.1 Å². The summed E-state index contributed by atoms with van der Waals surface area (Å²) in [6.07, 6.45) is 0. The second-order valence-corrected chi connectivity index (χ2v) is 3.00. The maximum Gasteiger partial charge on any atom is 0.422 e. The highest BCUT2D eigenvalue weighted by molar-refractivity contribution is 6.31. The van der Waals surface area contributed by atoms with E-state index in [2.05, 4.69) is 0 Å². The van der Waals surface area contributed by atoms with Gasteiger partial charge in [0.15, 0.2) is 0 Å². The van der Waals surface area contributed by atoms with E-state index in [4.69, 9.17) is 11.6 Å². The zero-order chi connectivity index (χ0) is 12.5. The highest BCUT2D eigenvalue weighted by Crippen LogP contribution is 2.38. The molecule has 84 valence electrons. The van der Waals surface area contributed by atoms with Gasteiger partial charge in [-0.1, -0.05) is 11.6 Å². The molecule has 0 unspecified atom stereocenters. The van der Waals surface area contributed by atoms with Crippen LogP contribution in [-0.4, -0.2) is 14.8 Å². The molecule has 0 heterocycles. The molecule has 0 aliphatic carbocycles. The average molecular weight is 248 g/mol. The van der Waals surface area contributed by atoms with E-state index in [1.807, 2.05) is 0 Å². The summed E-state index contributed by atoms with van der Waals surface area (Å²) in [7, 11) is 0. The van der Waals surface area contributed by atoms with Gasteiger partial charge in [0.2, 0.25) is 0 Å². The van der Waals surface area contributed by atoms with Crippen LogP contribution >= 0.6 is 11.6 Å². The Morgan fingerprint density at radius 3 is 1.50 bits per heavy atom. The third kappa shape index (κ3) is 2.03. The summed E-state index contributed by atoms with van der Waals surface area (Å²) in [6.45, 7) is 0. The van der Waals surface area contributed by atoms with E-state index < -0.39 is 31.8 Å². The first-order valence-corrected chi connectivity index (χ1v) is 3.99. The van der Waals surface area contributed by atoms with Gasteiger partial charge in [0.05, 0.1) is 19.8 Å². The molecule has 0 radical (unpaired) electrons. The maximum atomic E-state index is 10.5. The molecule has 0 saturated heterocycles. The minimum absolute atomic E-state index is 0.316. The van der Waals surface area contributed by atoms with Crippen molar-refractivity contribution in [3.63, 3.8) is 0 Å². The lowest BCUT2D eigenvalue weighted by molar-refractivity contribution is -0.441. The van der Waals surface area contributed by atoms with Gasteiger partial charge < -0.3 is 0 Å². The molecule has 0 fully saturated rings. The Labute approximate surface area is 91.7 Å². The molecule has 1 aromatic carbocycles. The fourth-order valence-corrected chi connectivity index (χ4v) is 1.24. The van der Waals surface area contributed by atoms with Gasteiger partial charge in [-0.3, -0.25) is 30.3 Å². The molecule has 0 aromatic heterocycles. The Bertz CT molecular complexity index is 466. The molecule has 0 spiro atoms. The SMILES string of the molecule is O=[N+]([O-])c1cc(Cl)cc([N+](=O)[O-])c1[N+](=O)[O-]. The van der Waals surface area contributed by atoms with Gasteiger partial charge >= 0.3 is 17.1 Å². The maximum absolute atomic E-state index is 10.5. The highest BCUT2D eigenvalue weighted by Gasteiger charge is 2.36. The van der Waals surface area contributed by atoms with Crippen molar-refractivity contribution in [2.75, 3.05) is 0 Å². The summed E-state index contributed by atoms with van der Waals surface area (Å²) >= 11 is 5.38. The Morgan fingerprint density at radius 2 is 1.25 bits per heavy atom. The molecule has 0 aliphatic rings. The minimum atomic E-state index is -1.19. The summed E-state index contributed by atoms with van der Waals surface area (Å²) in [5.41, 5.74) is -3.20. The number of nitrogens with zero attached hydrogens (tertiary/aromatic N) is 3. The van der Waals surface area contributed by atoms with Crippen LogP contribution in [0, 0.1) is 30.3 Å². The van der Waals surface area contributed by atoms with Gasteiger partial charge in [-0.15, -0.1) is 0 Å². The largest absolute Gasteiger partial charge is 0.422 e. The van der Waals surface area contributed by atoms with E-state index in [9.17, 15) is 30.3 Å². The second kappa shape index (κ2) is 4.06. The summed E-state index contributed by atoms with van der Waals surface area (Å²) in [5, 5.41) is 31.1. The zero-order valence-corrected chi connectivity index (χ0v) is 8.08. The molecule has 0 atom stereocenters. The number of halogens is 1. The second-order valence-electron chi connectivity index (χ2n) is 2.56. The number of benzene rings is 1. The monoisotopic (exact) mass is 247 g/mol. The molecule has 10 heteroatoms. The zero-order valence-electron chi connectivity index (χ0n) is 7.32. The van der Waals surface area contributed by atoms with Gasteiger partial charge in [-0.05, 0) is 0 Å². The van der Waals surface area contributed by atoms with Crippen molar-refractivity contribution in [1.29, 1.82) is 0 Å². The molecule has 0 N–H and O–H groups in total. The Kier molecular flexibility index (Phi) is 2.99. The summed E-state index contributed by atoms with van der Waals surface area (Å²) < 4.78 is 0. The van der Waals surface area contributed by atoms with Crippen molar-refractivity contribution in [3.05, 3.63) is 47.5 Å². The quantitative estimate of drug-likeness (QED) is 0.593. The van der Waals surface area contributed by atoms with Gasteiger partial charge in [0.25, 0.3) is 0 Å². The molecule has 0 bridgehead atoms. The summed E-state index contributed by atoms with van der Waals surface area (Å²) in [6, 6.07) is 1.37. The first kappa shape index (κ1) is 11.8. The fourth-order valence-electron chi connectivity index (χ4n) is 1.04. The normalized spacial score (nSPS) is 9.81. The van der Waals surface area contributed by atoms with Gasteiger partial charge in [-0.25, -0.2) is 0 Å². The fraction of sp³-hybridized carbons (Fsp3) is 0. The van der Waals surface area contributed by atoms with E-state index in [1.54, 1.807) is 0 Å². The Balaban J connectivity index is 3.67. The third-order valence-electron chi connectivity index (χ3n) is 1.61. The van der Waals surface area contributed by atoms with E-state index in [1.165, 1.54) is 0 Å². The molecule has 0 aliphatic heterocycles. The topological polar surface area (TPSA) is 129 Å². The number of rotatable bonds is 3. The van der Waals surface area contributed by atoms with Crippen LogP contribution in [0.5, 0.6) is 0 Å². The number of hydrogen-bond acceptors (Lipinski definition) is 6. The van der Waals surface area contributed by atoms with Crippen molar-refractivity contribution in [2.45, 2.75) is 0 Å². The van der Waals surface area contributed by atoms with E-state index in [0.717, 1.165) is 0 Å². The summed E-state index contributed by atoms with van der Waals surface area (Å²) in [5.74, 6) is 0. The lowest BCUT2D eigenvalue weighted by Gasteiger charge is -1.97. The number of hydrogen-bond donors (Lipinski definition) is 0. The van der Waals surface area contributed by atoms with Crippen molar-refractivity contribution in [1.82, 2.24) is 0 Å². The molecule has 1 aromatic rings. The van der Waals surface area contributed by atoms with Crippen LogP contribution < -0.4 is 0 Å². The van der Waals surface area contributed by atoms with Crippen LogP contribution in [0.1, 0.15) is 0 Å². The van der Waals surface area contributed by atoms with Crippen LogP contribution in [0.3, 0.4) is 0 Å². The van der Waals surface area contributed by atoms with Gasteiger partial charge in [0.1, 0.15) is 0 Å². The van der Waals surface area contributed by atoms with E-state index in [-0.39, 0.29) is 5.02 Å². The molecule has 0 amide bonds. The van der Waals surface area contributed by atoms with Crippen LogP contribution in [0.2, 0.25) is 5.02 Å². The predicted molar refractivity (Wildman–Crippen MR) is 51.4 cm³/mol. The molecule has 0 saturated carbocycles. The predicted octanol–water partition coefficient (Wildman–Crippen LogP) is 2.06. The van der Waals surface area contributed by atoms with Crippen molar-refractivity contribution < 1.29 is 14.8 Å². The van der Waals surface area contributed by atoms with E-state index >= 15 is 0 Å². The lowest BCUT2D eigenvalue weighted by atomic mass is 10.2. The Morgan fingerprint density at radius 1 is 0.875 bits per heavy atom. The third-order valence-corrected chi connectivity index (χ3v) is 1.83. The van der Waals surface area contributed by atoms with Crippen LogP contribution in [0.4, 0.5) is 17.1 Å². The van der Waals surface area contributed by atoms with Gasteiger partial charge in [-0.2, -0.15) is 0 Å². The van der Waals surface area contributed by atoms with Crippen LogP contribution in [0.25, 0.3) is 0 Å². The molecule has 1 rings (SSSR count). The van der Waals surface area contributed by atoms with Gasteiger partial charge in [0, 0.05) is 12.1 Å². The first-order valence-electron chi connectivity index (χ1n) is 3.61. The first-order chi connectivity index (χ1) is 7.34. The Hall–Kier alpha value is -2.29. The van der Waals surface area contributed by atoms with Crippen molar-refractivity contribution >= 4 is 28.7 Å². The molecule has 9 nitrogen and oxygen atoms in total. The van der Waals surface area contributed by atoms with Crippen molar-refractivity contribution in [3.8, 4) is 0 Å². The smallest absolute Gasteiger partial charge is 0.258 e. The van der Waals surface area contributed by atoms with Crippen LogP contribution in [-0.2, 0) is 0 Å². The molecule has 16 heavy (non-hydrogen) atoms. The van der Waals surface area contributed by atoms with Crippen molar-refractivity contribution in [2.24, 2.45) is 0 Å². The molecular formula is C6H2ClN3O6.